The fraction of sp³-hybridized carbons (Fsp3) is 0.133. The minimum Gasteiger partial charge on any atom is -0.323 e. The Balaban J connectivity index is 1.87. The fourth-order valence-corrected chi connectivity index (χ4v) is 3.11. The molecule has 1 aromatic carbocycles. The van der Waals surface area contributed by atoms with Crippen LogP contribution in [0.25, 0.3) is 0 Å². The van der Waals surface area contributed by atoms with Gasteiger partial charge in [-0.1, -0.05) is 23.9 Å². The molecule has 2 heterocycles. The zero-order valence-electron chi connectivity index (χ0n) is 11.3. The number of amides is 2. The Morgan fingerprint density at radius 1 is 1.29 bits per heavy atom. The van der Waals surface area contributed by atoms with E-state index in [9.17, 15) is 9.59 Å². The summed E-state index contributed by atoms with van der Waals surface area (Å²) in [4.78, 5) is 29.6. The maximum Gasteiger partial charge on any atom is 0.250 e. The number of anilines is 2. The molecule has 3 rings (SSSR count). The van der Waals surface area contributed by atoms with Gasteiger partial charge in [-0.2, -0.15) is 0 Å². The van der Waals surface area contributed by atoms with Crippen LogP contribution < -0.4 is 10.6 Å². The zero-order chi connectivity index (χ0) is 14.9. The minimum absolute atomic E-state index is 0.326. The fourth-order valence-electron chi connectivity index (χ4n) is 2.00. The molecule has 0 bridgehead atoms. The van der Waals surface area contributed by atoms with E-state index in [4.69, 9.17) is 0 Å². The molecular formula is C15H13N3O2S. The highest BCUT2D eigenvalue weighted by Gasteiger charge is 2.45. The summed E-state index contributed by atoms with van der Waals surface area (Å²) in [7, 11) is 0. The molecule has 1 aliphatic heterocycles. The van der Waals surface area contributed by atoms with E-state index < -0.39 is 4.75 Å². The number of hydrogen-bond donors (Lipinski definition) is 2. The van der Waals surface area contributed by atoms with Crippen molar-refractivity contribution in [2.45, 2.75) is 16.6 Å². The maximum absolute atomic E-state index is 12.5. The highest BCUT2D eigenvalue weighted by Crippen LogP contribution is 2.42. The van der Waals surface area contributed by atoms with Crippen molar-refractivity contribution in [2.24, 2.45) is 0 Å². The van der Waals surface area contributed by atoms with Crippen LogP contribution in [0.2, 0.25) is 0 Å². The zero-order valence-corrected chi connectivity index (χ0v) is 12.1. The summed E-state index contributed by atoms with van der Waals surface area (Å²) in [5.41, 5.74) is 1.30. The molecule has 0 saturated heterocycles. The first kappa shape index (κ1) is 13.6. The van der Waals surface area contributed by atoms with Gasteiger partial charge < -0.3 is 10.6 Å². The summed E-state index contributed by atoms with van der Waals surface area (Å²) in [6.07, 6.45) is 3.16. The van der Waals surface area contributed by atoms with Gasteiger partial charge in [0.05, 0.1) is 17.6 Å². The number of nitrogens with zero attached hydrogens (tertiary/aromatic N) is 1. The van der Waals surface area contributed by atoms with Gasteiger partial charge >= 0.3 is 0 Å². The Morgan fingerprint density at radius 3 is 2.86 bits per heavy atom. The molecule has 1 atom stereocenters. The number of benzene rings is 1. The monoisotopic (exact) mass is 299 g/mol. The van der Waals surface area contributed by atoms with Crippen LogP contribution in [0.3, 0.4) is 0 Å². The molecular weight excluding hydrogens is 286 g/mol. The lowest BCUT2D eigenvalue weighted by Crippen LogP contribution is -2.49. The Morgan fingerprint density at radius 2 is 2.10 bits per heavy atom. The van der Waals surface area contributed by atoms with Crippen LogP contribution in [0, 0.1) is 0 Å². The van der Waals surface area contributed by atoms with Crippen LogP contribution in [0.4, 0.5) is 11.4 Å². The van der Waals surface area contributed by atoms with Crippen molar-refractivity contribution in [1.29, 1.82) is 0 Å². The Bertz CT molecular complexity index is 705. The average Bonchev–Trinajstić information content (AvgIpc) is 2.49. The average molecular weight is 299 g/mol. The molecule has 0 fully saturated rings. The molecule has 1 aromatic heterocycles. The summed E-state index contributed by atoms with van der Waals surface area (Å²) < 4.78 is -1.22. The van der Waals surface area contributed by atoms with E-state index in [2.05, 4.69) is 15.6 Å². The lowest BCUT2D eigenvalue weighted by molar-refractivity contribution is -0.126. The van der Waals surface area contributed by atoms with Gasteiger partial charge in [0, 0.05) is 11.1 Å². The van der Waals surface area contributed by atoms with Gasteiger partial charge in [0.1, 0.15) is 0 Å². The van der Waals surface area contributed by atoms with E-state index in [1.54, 1.807) is 31.5 Å². The molecule has 21 heavy (non-hydrogen) atoms. The van der Waals surface area contributed by atoms with Gasteiger partial charge in [-0.3, -0.25) is 14.6 Å². The highest BCUT2D eigenvalue weighted by molar-refractivity contribution is 8.02. The van der Waals surface area contributed by atoms with Crippen molar-refractivity contribution in [1.82, 2.24) is 4.98 Å². The standard InChI is InChI=1S/C15H13N3O2S/c1-15(13(19)17-10-5-4-8-16-9-10)14(20)18-11-6-2-3-7-12(11)21-15/h2-9H,1H3,(H,17,19)(H,18,20). The number of rotatable bonds is 2. The molecule has 0 aliphatic carbocycles. The molecule has 2 aromatic rings. The van der Waals surface area contributed by atoms with Crippen LogP contribution >= 0.6 is 11.8 Å². The van der Waals surface area contributed by atoms with E-state index in [1.807, 2.05) is 24.3 Å². The molecule has 106 valence electrons. The quantitative estimate of drug-likeness (QED) is 0.836. The Kier molecular flexibility index (Phi) is 3.39. The Hall–Kier alpha value is -2.34. The predicted molar refractivity (Wildman–Crippen MR) is 82.2 cm³/mol. The van der Waals surface area contributed by atoms with Crippen molar-refractivity contribution in [3.63, 3.8) is 0 Å². The summed E-state index contributed by atoms with van der Waals surface area (Å²) in [6, 6.07) is 10.9. The number of pyridine rings is 1. The van der Waals surface area contributed by atoms with Crippen molar-refractivity contribution >= 4 is 35.0 Å². The van der Waals surface area contributed by atoms with Gasteiger partial charge in [-0.25, -0.2) is 0 Å². The minimum atomic E-state index is -1.22. The number of carbonyl (C=O) groups excluding carboxylic acids is 2. The first-order valence-electron chi connectivity index (χ1n) is 6.40. The lowest BCUT2D eigenvalue weighted by atomic mass is 10.1. The summed E-state index contributed by atoms with van der Waals surface area (Å²) >= 11 is 1.25. The van der Waals surface area contributed by atoms with Gasteiger partial charge in [-0.15, -0.1) is 0 Å². The second-order valence-electron chi connectivity index (χ2n) is 4.78. The summed E-state index contributed by atoms with van der Waals surface area (Å²) in [5, 5.41) is 5.51. The Labute approximate surface area is 126 Å². The smallest absolute Gasteiger partial charge is 0.250 e. The third kappa shape index (κ3) is 2.50. The second kappa shape index (κ2) is 5.21. The molecule has 2 N–H and O–H groups in total. The lowest BCUT2D eigenvalue weighted by Gasteiger charge is -2.31. The van der Waals surface area contributed by atoms with Crippen LogP contribution in [0.15, 0.2) is 53.7 Å². The number of aromatic nitrogens is 1. The molecule has 6 heteroatoms. The van der Waals surface area contributed by atoms with Crippen molar-refractivity contribution < 1.29 is 9.59 Å². The summed E-state index contributed by atoms with van der Waals surface area (Å²) in [6.45, 7) is 1.62. The normalized spacial score (nSPS) is 20.3. The predicted octanol–water partition coefficient (Wildman–Crippen LogP) is 2.52. The van der Waals surface area contributed by atoms with Crippen molar-refractivity contribution in [2.75, 3.05) is 10.6 Å². The van der Waals surface area contributed by atoms with Gasteiger partial charge in [-0.05, 0) is 31.2 Å². The molecule has 0 saturated carbocycles. The third-order valence-corrected chi connectivity index (χ3v) is 4.59. The van der Waals surface area contributed by atoms with Gasteiger partial charge in [0.25, 0.3) is 0 Å². The highest BCUT2D eigenvalue weighted by atomic mass is 32.2. The van der Waals surface area contributed by atoms with Gasteiger partial charge in [0.2, 0.25) is 11.8 Å². The van der Waals surface area contributed by atoms with E-state index >= 15 is 0 Å². The van der Waals surface area contributed by atoms with Crippen molar-refractivity contribution in [3.8, 4) is 0 Å². The molecule has 1 unspecified atom stereocenters. The third-order valence-electron chi connectivity index (χ3n) is 3.24. The first-order chi connectivity index (χ1) is 10.1. The number of fused-ring (bicyclic) bond motifs is 1. The van der Waals surface area contributed by atoms with E-state index in [0.717, 1.165) is 10.6 Å². The number of nitrogens with one attached hydrogen (secondary N) is 2. The summed E-state index contributed by atoms with van der Waals surface area (Å²) in [5.74, 6) is -0.694. The number of thioether (sulfide) groups is 1. The number of para-hydroxylation sites is 1. The molecule has 0 spiro atoms. The number of hydrogen-bond acceptors (Lipinski definition) is 4. The molecule has 2 amide bonds. The van der Waals surface area contributed by atoms with Crippen molar-refractivity contribution in [3.05, 3.63) is 48.8 Å². The largest absolute Gasteiger partial charge is 0.323 e. The first-order valence-corrected chi connectivity index (χ1v) is 7.22. The topological polar surface area (TPSA) is 71.1 Å². The van der Waals surface area contributed by atoms with E-state index in [0.29, 0.717) is 5.69 Å². The molecule has 0 radical (unpaired) electrons. The maximum atomic E-state index is 12.5. The molecule has 1 aliphatic rings. The van der Waals surface area contributed by atoms with Crippen LogP contribution in [0.1, 0.15) is 6.92 Å². The van der Waals surface area contributed by atoms with Crippen LogP contribution in [-0.4, -0.2) is 21.5 Å². The van der Waals surface area contributed by atoms with Crippen LogP contribution in [0.5, 0.6) is 0 Å². The number of carbonyl (C=O) groups is 2. The van der Waals surface area contributed by atoms with E-state index in [1.165, 1.54) is 11.8 Å². The van der Waals surface area contributed by atoms with E-state index in [-0.39, 0.29) is 11.8 Å². The molecule has 5 nitrogen and oxygen atoms in total. The SMILES string of the molecule is CC1(C(=O)Nc2cccnc2)Sc2ccccc2NC1=O. The van der Waals surface area contributed by atoms with Crippen LogP contribution in [-0.2, 0) is 9.59 Å². The second-order valence-corrected chi connectivity index (χ2v) is 6.24. The van der Waals surface area contributed by atoms with Gasteiger partial charge in [0.15, 0.2) is 4.75 Å².